The number of carbonyl (C=O) groups is 2. The topological polar surface area (TPSA) is 79.5 Å². The van der Waals surface area contributed by atoms with Gasteiger partial charge in [0.15, 0.2) is 5.11 Å². The Kier molecular flexibility index (Phi) is 7.00. The van der Waals surface area contributed by atoms with Crippen molar-refractivity contribution in [1.82, 2.24) is 5.32 Å². The van der Waals surface area contributed by atoms with Crippen LogP contribution in [0, 0.1) is 0 Å². The van der Waals surface area contributed by atoms with E-state index in [9.17, 15) is 9.59 Å². The van der Waals surface area contributed by atoms with Crippen molar-refractivity contribution in [2.75, 3.05) is 17.7 Å². The summed E-state index contributed by atoms with van der Waals surface area (Å²) in [5.41, 5.74) is 1.92. The lowest BCUT2D eigenvalue weighted by Crippen LogP contribution is -2.34. The number of thiocarbonyl (C=S) groups is 1. The van der Waals surface area contributed by atoms with E-state index in [0.717, 1.165) is 0 Å². The maximum Gasteiger partial charge on any atom is 0.261 e. The zero-order chi connectivity index (χ0) is 21.5. The highest BCUT2D eigenvalue weighted by Gasteiger charge is 2.13. The zero-order valence-corrected chi connectivity index (χ0v) is 17.5. The largest absolute Gasteiger partial charge is 0.496 e. The first-order valence-corrected chi connectivity index (χ1v) is 9.67. The van der Waals surface area contributed by atoms with Gasteiger partial charge in [0, 0.05) is 22.0 Å². The number of hydrogen-bond acceptors (Lipinski definition) is 4. The Morgan fingerprint density at radius 2 is 1.57 bits per heavy atom. The molecule has 152 valence electrons. The summed E-state index contributed by atoms with van der Waals surface area (Å²) in [7, 11) is 1.49. The third-order valence-electron chi connectivity index (χ3n) is 4.04. The van der Waals surface area contributed by atoms with Crippen LogP contribution in [0.4, 0.5) is 11.4 Å². The Labute approximate surface area is 184 Å². The van der Waals surface area contributed by atoms with Crippen LogP contribution in [-0.2, 0) is 0 Å². The van der Waals surface area contributed by atoms with E-state index in [4.69, 9.17) is 28.6 Å². The second kappa shape index (κ2) is 9.87. The van der Waals surface area contributed by atoms with Crippen molar-refractivity contribution in [2.24, 2.45) is 0 Å². The van der Waals surface area contributed by atoms with Gasteiger partial charge >= 0.3 is 0 Å². The van der Waals surface area contributed by atoms with Gasteiger partial charge in [0.1, 0.15) is 5.75 Å². The van der Waals surface area contributed by atoms with Crippen LogP contribution in [-0.4, -0.2) is 24.0 Å². The lowest BCUT2D eigenvalue weighted by atomic mass is 10.2. The molecule has 0 unspecified atom stereocenters. The molecule has 0 bridgehead atoms. The number of anilines is 2. The number of nitrogens with one attached hydrogen (secondary N) is 3. The summed E-state index contributed by atoms with van der Waals surface area (Å²) < 4.78 is 5.19. The number of rotatable bonds is 5. The average Bonchev–Trinajstić information content (AvgIpc) is 2.73. The fourth-order valence-corrected chi connectivity index (χ4v) is 3.07. The first kappa shape index (κ1) is 21.3. The summed E-state index contributed by atoms with van der Waals surface area (Å²) >= 11 is 11.2. The van der Waals surface area contributed by atoms with Gasteiger partial charge in [-0.1, -0.05) is 35.9 Å². The van der Waals surface area contributed by atoms with E-state index >= 15 is 0 Å². The molecule has 0 radical (unpaired) electrons. The van der Waals surface area contributed by atoms with Crippen molar-refractivity contribution in [1.29, 1.82) is 0 Å². The normalized spacial score (nSPS) is 10.1. The second-order valence-corrected chi connectivity index (χ2v) is 7.00. The van der Waals surface area contributed by atoms with Crippen LogP contribution < -0.4 is 20.7 Å². The molecule has 0 heterocycles. The van der Waals surface area contributed by atoms with Crippen LogP contribution in [0.3, 0.4) is 0 Å². The summed E-state index contributed by atoms with van der Waals surface area (Å²) in [6.45, 7) is 0. The van der Waals surface area contributed by atoms with E-state index in [1.54, 1.807) is 72.8 Å². The van der Waals surface area contributed by atoms with Gasteiger partial charge in [0.05, 0.1) is 12.7 Å². The van der Waals surface area contributed by atoms with E-state index in [2.05, 4.69) is 16.0 Å². The van der Waals surface area contributed by atoms with E-state index in [-0.39, 0.29) is 11.0 Å². The lowest BCUT2D eigenvalue weighted by Gasteiger charge is -2.12. The minimum atomic E-state index is -0.403. The van der Waals surface area contributed by atoms with Crippen molar-refractivity contribution in [3.63, 3.8) is 0 Å². The molecule has 2 amide bonds. The third kappa shape index (κ3) is 5.56. The fourth-order valence-electron chi connectivity index (χ4n) is 2.67. The van der Waals surface area contributed by atoms with Gasteiger partial charge in [0.2, 0.25) is 0 Å². The molecule has 0 fully saturated rings. The smallest absolute Gasteiger partial charge is 0.261 e. The molecule has 0 aromatic heterocycles. The van der Waals surface area contributed by atoms with Gasteiger partial charge < -0.3 is 15.4 Å². The average molecular weight is 440 g/mol. The van der Waals surface area contributed by atoms with Crippen molar-refractivity contribution in [2.45, 2.75) is 0 Å². The van der Waals surface area contributed by atoms with Crippen LogP contribution in [0.15, 0.2) is 72.8 Å². The molecule has 8 heteroatoms. The van der Waals surface area contributed by atoms with Crippen molar-refractivity contribution in [3.05, 3.63) is 88.9 Å². The maximum absolute atomic E-state index is 12.5. The third-order valence-corrected chi connectivity index (χ3v) is 4.48. The Balaban J connectivity index is 1.65. The molecule has 0 aliphatic carbocycles. The molecule has 6 nitrogen and oxygen atoms in total. The number of para-hydroxylation sites is 1. The Morgan fingerprint density at radius 1 is 0.867 bits per heavy atom. The summed E-state index contributed by atoms with van der Waals surface area (Å²) in [4.78, 5) is 24.9. The molecule has 3 rings (SSSR count). The van der Waals surface area contributed by atoms with Crippen LogP contribution in [0.2, 0.25) is 5.02 Å². The van der Waals surface area contributed by atoms with E-state index in [1.165, 1.54) is 7.11 Å². The molecule has 0 saturated carbocycles. The highest BCUT2D eigenvalue weighted by molar-refractivity contribution is 7.80. The zero-order valence-electron chi connectivity index (χ0n) is 15.9. The molecular formula is C22H18ClN3O3S. The summed E-state index contributed by atoms with van der Waals surface area (Å²) in [5.74, 6) is -0.262. The minimum Gasteiger partial charge on any atom is -0.496 e. The number of methoxy groups -OCH3 is 1. The number of ether oxygens (including phenoxy) is 1. The number of amides is 2. The molecule has 0 spiro atoms. The Morgan fingerprint density at radius 3 is 2.30 bits per heavy atom. The van der Waals surface area contributed by atoms with Gasteiger partial charge in [-0.3, -0.25) is 14.9 Å². The molecule has 3 N–H and O–H groups in total. The number of hydrogen-bond donors (Lipinski definition) is 3. The fraction of sp³-hybridized carbons (Fsp3) is 0.0455. The SMILES string of the molecule is COc1ccccc1C(=O)NC(=S)Nc1cccc(C(=O)Nc2cccc(Cl)c2)c1. The van der Waals surface area contributed by atoms with Crippen LogP contribution in [0.5, 0.6) is 5.75 Å². The van der Waals surface area contributed by atoms with Gasteiger partial charge in [-0.05, 0) is 60.7 Å². The maximum atomic E-state index is 12.5. The predicted molar refractivity (Wildman–Crippen MR) is 123 cm³/mol. The molecule has 0 saturated heterocycles. The number of benzene rings is 3. The van der Waals surface area contributed by atoms with Gasteiger partial charge in [-0.2, -0.15) is 0 Å². The monoisotopic (exact) mass is 439 g/mol. The molecule has 0 aliphatic rings. The minimum absolute atomic E-state index is 0.0957. The Bertz CT molecular complexity index is 1100. The quantitative estimate of drug-likeness (QED) is 0.501. The molecule has 3 aromatic rings. The second-order valence-electron chi connectivity index (χ2n) is 6.15. The summed E-state index contributed by atoms with van der Waals surface area (Å²) in [5, 5.41) is 8.91. The molecule has 30 heavy (non-hydrogen) atoms. The first-order valence-electron chi connectivity index (χ1n) is 8.88. The number of carbonyl (C=O) groups excluding carboxylic acids is 2. The van der Waals surface area contributed by atoms with Crippen molar-refractivity contribution in [3.8, 4) is 5.75 Å². The molecule has 3 aromatic carbocycles. The van der Waals surface area contributed by atoms with Gasteiger partial charge in [0.25, 0.3) is 11.8 Å². The van der Waals surface area contributed by atoms with Crippen molar-refractivity contribution < 1.29 is 14.3 Å². The number of halogens is 1. The van der Waals surface area contributed by atoms with Crippen LogP contribution in [0.1, 0.15) is 20.7 Å². The molecule has 0 atom stereocenters. The van der Waals surface area contributed by atoms with E-state index in [0.29, 0.717) is 33.3 Å². The summed E-state index contributed by atoms with van der Waals surface area (Å²) in [6.07, 6.45) is 0. The van der Waals surface area contributed by atoms with Crippen LogP contribution in [0.25, 0.3) is 0 Å². The van der Waals surface area contributed by atoms with Gasteiger partial charge in [-0.25, -0.2) is 0 Å². The van der Waals surface area contributed by atoms with Crippen LogP contribution >= 0.6 is 23.8 Å². The Hall–Kier alpha value is -3.42. The molecule has 0 aliphatic heterocycles. The van der Waals surface area contributed by atoms with Crippen molar-refractivity contribution >= 4 is 52.1 Å². The van der Waals surface area contributed by atoms with E-state index < -0.39 is 5.91 Å². The highest BCUT2D eigenvalue weighted by Crippen LogP contribution is 2.18. The van der Waals surface area contributed by atoms with Gasteiger partial charge in [-0.15, -0.1) is 0 Å². The first-order chi connectivity index (χ1) is 14.5. The predicted octanol–water partition coefficient (Wildman–Crippen LogP) is 4.73. The standard InChI is InChI=1S/C22H18ClN3O3S/c1-29-19-11-3-2-10-18(19)21(28)26-22(30)25-16-8-4-6-14(12-16)20(27)24-17-9-5-7-15(23)13-17/h2-13H,1H3,(H,24,27)(H2,25,26,28,30). The highest BCUT2D eigenvalue weighted by atomic mass is 35.5. The lowest BCUT2D eigenvalue weighted by molar-refractivity contribution is 0.0973. The summed E-state index contributed by atoms with van der Waals surface area (Å²) in [6, 6.07) is 20.4. The van der Waals surface area contributed by atoms with E-state index in [1.807, 2.05) is 0 Å². The molecular weight excluding hydrogens is 422 g/mol.